The Labute approximate surface area is 94.2 Å². The van der Waals surface area contributed by atoms with E-state index in [0.29, 0.717) is 18.2 Å². The van der Waals surface area contributed by atoms with Crippen molar-refractivity contribution in [1.29, 1.82) is 0 Å². The molecule has 1 aliphatic rings. The van der Waals surface area contributed by atoms with Gasteiger partial charge in [0, 0.05) is 31.8 Å². The average molecular weight is 214 g/mol. The number of hydrogen-bond donors (Lipinski definition) is 1. The van der Waals surface area contributed by atoms with Gasteiger partial charge in [-0.15, -0.1) is 0 Å². The molecule has 1 N–H and O–H groups in total. The Morgan fingerprint density at radius 1 is 1.47 bits per heavy atom. The van der Waals surface area contributed by atoms with Gasteiger partial charge in [-0.2, -0.15) is 0 Å². The predicted octanol–water partition coefficient (Wildman–Crippen LogP) is 1.48. The highest BCUT2D eigenvalue weighted by Gasteiger charge is 2.23. The van der Waals surface area contributed by atoms with Crippen LogP contribution < -0.4 is 5.32 Å². The molecular weight excluding hydrogens is 188 g/mol. The molecule has 0 spiro atoms. The largest absolute Gasteiger partial charge is 0.377 e. The lowest BCUT2D eigenvalue weighted by Crippen LogP contribution is -2.42. The van der Waals surface area contributed by atoms with Crippen molar-refractivity contribution in [2.24, 2.45) is 0 Å². The maximum atomic E-state index is 5.52. The predicted molar refractivity (Wildman–Crippen MR) is 64.2 cm³/mol. The molecule has 2 unspecified atom stereocenters. The quantitative estimate of drug-likeness (QED) is 0.725. The van der Waals surface area contributed by atoms with Crippen LogP contribution in [0.5, 0.6) is 0 Å². The van der Waals surface area contributed by atoms with Crippen molar-refractivity contribution in [2.75, 3.05) is 26.2 Å². The van der Waals surface area contributed by atoms with E-state index in [-0.39, 0.29) is 0 Å². The van der Waals surface area contributed by atoms with Gasteiger partial charge in [0.05, 0.1) is 6.10 Å². The molecule has 2 atom stereocenters. The SMILES string of the molecule is CCN(CCNC1CCOC1C)C(C)C. The maximum Gasteiger partial charge on any atom is 0.0700 e. The molecule has 15 heavy (non-hydrogen) atoms. The lowest BCUT2D eigenvalue weighted by Gasteiger charge is -2.26. The second-order valence-electron chi connectivity index (χ2n) is 4.65. The van der Waals surface area contributed by atoms with E-state index in [2.05, 4.69) is 37.9 Å². The molecule has 0 saturated carbocycles. The van der Waals surface area contributed by atoms with Crippen LogP contribution >= 0.6 is 0 Å². The van der Waals surface area contributed by atoms with Gasteiger partial charge in [-0.3, -0.25) is 4.90 Å². The third kappa shape index (κ3) is 4.09. The molecule has 1 aliphatic heterocycles. The molecule has 3 nitrogen and oxygen atoms in total. The standard InChI is InChI=1S/C12H26N2O/c1-5-14(10(2)3)8-7-13-12-6-9-15-11(12)4/h10-13H,5-9H2,1-4H3. The van der Waals surface area contributed by atoms with Gasteiger partial charge in [-0.25, -0.2) is 0 Å². The summed E-state index contributed by atoms with van der Waals surface area (Å²) in [7, 11) is 0. The molecule has 0 aliphatic carbocycles. The van der Waals surface area contributed by atoms with Crippen molar-refractivity contribution in [3.8, 4) is 0 Å². The fourth-order valence-electron chi connectivity index (χ4n) is 2.17. The first-order valence-corrected chi connectivity index (χ1v) is 6.24. The minimum atomic E-state index is 0.388. The number of ether oxygens (including phenoxy) is 1. The zero-order valence-corrected chi connectivity index (χ0v) is 10.6. The molecule has 1 rings (SSSR count). The summed E-state index contributed by atoms with van der Waals surface area (Å²) in [5, 5.41) is 3.58. The molecule has 1 fully saturated rings. The minimum Gasteiger partial charge on any atom is -0.377 e. The fourth-order valence-corrected chi connectivity index (χ4v) is 2.17. The Hall–Kier alpha value is -0.120. The van der Waals surface area contributed by atoms with Gasteiger partial charge in [-0.05, 0) is 33.7 Å². The topological polar surface area (TPSA) is 24.5 Å². The zero-order valence-electron chi connectivity index (χ0n) is 10.6. The smallest absolute Gasteiger partial charge is 0.0700 e. The molecule has 0 radical (unpaired) electrons. The number of nitrogens with one attached hydrogen (secondary N) is 1. The molecule has 1 saturated heterocycles. The Morgan fingerprint density at radius 2 is 2.20 bits per heavy atom. The summed E-state index contributed by atoms with van der Waals surface area (Å²) in [6.07, 6.45) is 1.55. The van der Waals surface area contributed by atoms with Gasteiger partial charge in [0.2, 0.25) is 0 Å². The van der Waals surface area contributed by atoms with Crippen molar-refractivity contribution in [1.82, 2.24) is 10.2 Å². The molecule has 0 aromatic heterocycles. The van der Waals surface area contributed by atoms with E-state index < -0.39 is 0 Å². The summed E-state index contributed by atoms with van der Waals surface area (Å²) < 4.78 is 5.52. The summed E-state index contributed by atoms with van der Waals surface area (Å²) >= 11 is 0. The minimum absolute atomic E-state index is 0.388. The molecule has 1 heterocycles. The van der Waals surface area contributed by atoms with Crippen molar-refractivity contribution in [2.45, 2.75) is 52.3 Å². The lowest BCUT2D eigenvalue weighted by atomic mass is 10.1. The zero-order chi connectivity index (χ0) is 11.3. The molecule has 0 aromatic carbocycles. The van der Waals surface area contributed by atoms with Gasteiger partial charge < -0.3 is 10.1 Å². The van der Waals surface area contributed by atoms with E-state index in [1.165, 1.54) is 0 Å². The summed E-state index contributed by atoms with van der Waals surface area (Å²) in [5.41, 5.74) is 0. The van der Waals surface area contributed by atoms with E-state index >= 15 is 0 Å². The fraction of sp³-hybridized carbons (Fsp3) is 1.00. The van der Waals surface area contributed by atoms with Gasteiger partial charge in [0.25, 0.3) is 0 Å². The molecule has 0 amide bonds. The van der Waals surface area contributed by atoms with Crippen LogP contribution in [0.4, 0.5) is 0 Å². The van der Waals surface area contributed by atoms with Crippen molar-refractivity contribution in [3.63, 3.8) is 0 Å². The number of likely N-dealkylation sites (N-methyl/N-ethyl adjacent to an activating group) is 1. The molecular formula is C12H26N2O. The Bertz CT molecular complexity index is 171. The maximum absolute atomic E-state index is 5.52. The lowest BCUT2D eigenvalue weighted by molar-refractivity contribution is 0.112. The first kappa shape index (κ1) is 12.9. The monoisotopic (exact) mass is 214 g/mol. The number of nitrogens with zero attached hydrogens (tertiary/aromatic N) is 1. The Kier molecular flexibility index (Phi) is 5.58. The Morgan fingerprint density at radius 3 is 2.67 bits per heavy atom. The van der Waals surface area contributed by atoms with E-state index in [9.17, 15) is 0 Å². The summed E-state index contributed by atoms with van der Waals surface area (Å²) in [5.74, 6) is 0. The first-order chi connectivity index (χ1) is 7.15. The normalized spacial score (nSPS) is 26.8. The van der Waals surface area contributed by atoms with Crippen molar-refractivity contribution in [3.05, 3.63) is 0 Å². The van der Waals surface area contributed by atoms with Crippen LogP contribution in [-0.4, -0.2) is 49.3 Å². The molecule has 0 aromatic rings. The van der Waals surface area contributed by atoms with Crippen LogP contribution in [0.2, 0.25) is 0 Å². The van der Waals surface area contributed by atoms with Crippen LogP contribution in [0.3, 0.4) is 0 Å². The van der Waals surface area contributed by atoms with Gasteiger partial charge >= 0.3 is 0 Å². The summed E-state index contributed by atoms with van der Waals surface area (Å²) in [6, 6.07) is 1.21. The van der Waals surface area contributed by atoms with Crippen LogP contribution in [0.15, 0.2) is 0 Å². The van der Waals surface area contributed by atoms with Crippen LogP contribution in [0.25, 0.3) is 0 Å². The Balaban J connectivity index is 2.14. The highest BCUT2D eigenvalue weighted by molar-refractivity contribution is 4.79. The van der Waals surface area contributed by atoms with E-state index in [1.807, 2.05) is 0 Å². The highest BCUT2D eigenvalue weighted by Crippen LogP contribution is 2.12. The van der Waals surface area contributed by atoms with Crippen LogP contribution in [-0.2, 0) is 4.74 Å². The average Bonchev–Trinajstić information content (AvgIpc) is 2.58. The van der Waals surface area contributed by atoms with E-state index in [4.69, 9.17) is 4.74 Å². The molecule has 0 bridgehead atoms. The molecule has 90 valence electrons. The third-order valence-corrected chi connectivity index (χ3v) is 3.32. The van der Waals surface area contributed by atoms with Crippen molar-refractivity contribution < 1.29 is 4.74 Å². The van der Waals surface area contributed by atoms with E-state index in [0.717, 1.165) is 32.7 Å². The summed E-state index contributed by atoms with van der Waals surface area (Å²) in [4.78, 5) is 2.48. The van der Waals surface area contributed by atoms with Gasteiger partial charge in [-0.1, -0.05) is 6.92 Å². The highest BCUT2D eigenvalue weighted by atomic mass is 16.5. The number of hydrogen-bond acceptors (Lipinski definition) is 3. The molecule has 3 heteroatoms. The third-order valence-electron chi connectivity index (χ3n) is 3.32. The second-order valence-corrected chi connectivity index (χ2v) is 4.65. The van der Waals surface area contributed by atoms with Gasteiger partial charge in [0.1, 0.15) is 0 Å². The van der Waals surface area contributed by atoms with E-state index in [1.54, 1.807) is 0 Å². The first-order valence-electron chi connectivity index (χ1n) is 6.24. The van der Waals surface area contributed by atoms with Gasteiger partial charge in [0.15, 0.2) is 0 Å². The summed E-state index contributed by atoms with van der Waals surface area (Å²) in [6.45, 7) is 13.2. The second kappa shape index (κ2) is 6.46. The van der Waals surface area contributed by atoms with Crippen LogP contribution in [0, 0.1) is 0 Å². The van der Waals surface area contributed by atoms with Crippen LogP contribution in [0.1, 0.15) is 34.1 Å². The van der Waals surface area contributed by atoms with Crippen molar-refractivity contribution >= 4 is 0 Å². The number of rotatable bonds is 6.